The van der Waals surface area contributed by atoms with Crippen LogP contribution in [0.5, 0.6) is 0 Å². The standard InChI is InChI=1S/2C12H20NSi.2FH.Zr/c2*1-11-7-6-8-12(11)14(2,3)13-9-4-5-10-13;;;/h2*7H,4-6,9-10H2,1-3H3;2*1H;/q;;;;+2/p-2. The number of rotatable bonds is 6. The van der Waals surface area contributed by atoms with E-state index in [0.717, 1.165) is 0 Å². The Kier molecular flexibility index (Phi) is 9.29. The van der Waals surface area contributed by atoms with Gasteiger partial charge >= 0.3 is 194 Å². The van der Waals surface area contributed by atoms with Crippen LogP contribution in [0.2, 0.25) is 26.2 Å². The van der Waals surface area contributed by atoms with Crippen LogP contribution < -0.4 is 9.41 Å². The van der Waals surface area contributed by atoms with E-state index in [1.54, 1.807) is 11.1 Å². The molecule has 0 bridgehead atoms. The number of hydrogen-bond acceptors (Lipinski definition) is 2. The van der Waals surface area contributed by atoms with E-state index in [1.807, 2.05) is 17.0 Å². The molecule has 0 aromatic carbocycles. The van der Waals surface area contributed by atoms with Crippen molar-refractivity contribution >= 4 is 16.5 Å². The molecule has 7 heteroatoms. The normalized spacial score (nSPS) is 23.0. The average molecular weight is 542 g/mol. The summed E-state index contributed by atoms with van der Waals surface area (Å²) in [5.74, 6) is 0. The van der Waals surface area contributed by atoms with Crippen LogP contribution in [0.1, 0.15) is 52.4 Å². The summed E-state index contributed by atoms with van der Waals surface area (Å²) in [6.45, 7) is 20.8. The summed E-state index contributed by atoms with van der Waals surface area (Å²) >= 11 is -0.689. The van der Waals surface area contributed by atoms with Crippen LogP contribution in [0.4, 0.5) is 0 Å². The minimum Gasteiger partial charge on any atom is -1.00 e. The van der Waals surface area contributed by atoms with Crippen molar-refractivity contribution in [2.24, 2.45) is 0 Å². The first-order valence-electron chi connectivity index (χ1n) is 11.8. The molecule has 0 radical (unpaired) electrons. The summed E-state index contributed by atoms with van der Waals surface area (Å²) in [5, 5.41) is 3.76. The van der Waals surface area contributed by atoms with Crippen LogP contribution in [-0.4, -0.2) is 51.8 Å². The smallest absolute Gasteiger partial charge is 1.00 e. The van der Waals surface area contributed by atoms with E-state index in [-0.39, 0.29) is 9.41 Å². The average Bonchev–Trinajstić information content (AvgIpc) is 3.43. The Morgan fingerprint density at radius 3 is 1.29 bits per heavy atom. The SMILES string of the molecule is CC1=CC[C]([Zr+2][C]2=C([Si](C)(C)N3CCCC3)C(C)=CC2)=C1[Si](C)(C)N1CCCC1.[F-].[F-]. The van der Waals surface area contributed by atoms with Crippen molar-refractivity contribution in [2.75, 3.05) is 26.2 Å². The third-order valence-corrected chi connectivity index (χ3v) is 20.8. The molecular formula is C24H40F2N2Si2Zr. The molecule has 0 aromatic rings. The van der Waals surface area contributed by atoms with Gasteiger partial charge in [-0.15, -0.1) is 0 Å². The van der Waals surface area contributed by atoms with Crippen LogP contribution in [-0.2, 0) is 23.2 Å². The number of allylic oxidation sites excluding steroid dienone is 8. The van der Waals surface area contributed by atoms with Gasteiger partial charge in [0.05, 0.1) is 0 Å². The molecule has 2 aliphatic heterocycles. The summed E-state index contributed by atoms with van der Waals surface area (Å²) in [5.41, 5.74) is 3.29. The second-order valence-corrected chi connectivity index (χ2v) is 22.6. The van der Waals surface area contributed by atoms with Gasteiger partial charge in [-0.25, -0.2) is 0 Å². The molecule has 2 saturated heterocycles. The van der Waals surface area contributed by atoms with E-state index >= 15 is 0 Å². The Morgan fingerprint density at radius 2 is 0.968 bits per heavy atom. The summed E-state index contributed by atoms with van der Waals surface area (Å²) in [6, 6.07) is 0. The third kappa shape index (κ3) is 5.11. The topological polar surface area (TPSA) is 6.48 Å². The van der Waals surface area contributed by atoms with Gasteiger partial charge in [0.2, 0.25) is 0 Å². The molecule has 4 rings (SSSR count). The minimum absolute atomic E-state index is 0. The van der Waals surface area contributed by atoms with Gasteiger partial charge in [0.15, 0.2) is 0 Å². The summed E-state index contributed by atoms with van der Waals surface area (Å²) in [6.07, 6.45) is 13.4. The van der Waals surface area contributed by atoms with Gasteiger partial charge in [0, 0.05) is 0 Å². The largest absolute Gasteiger partial charge is 1.00 e. The van der Waals surface area contributed by atoms with E-state index in [2.05, 4.69) is 61.3 Å². The molecule has 172 valence electrons. The molecule has 2 fully saturated rings. The van der Waals surface area contributed by atoms with E-state index in [9.17, 15) is 0 Å². The van der Waals surface area contributed by atoms with Gasteiger partial charge in [-0.2, -0.15) is 0 Å². The zero-order valence-electron chi connectivity index (χ0n) is 20.4. The van der Waals surface area contributed by atoms with Gasteiger partial charge in [-0.1, -0.05) is 0 Å². The first-order valence-corrected chi connectivity index (χ1v) is 20.2. The molecule has 0 N–H and O–H groups in total. The van der Waals surface area contributed by atoms with Crippen molar-refractivity contribution in [2.45, 2.75) is 78.6 Å². The predicted molar refractivity (Wildman–Crippen MR) is 127 cm³/mol. The van der Waals surface area contributed by atoms with Crippen molar-refractivity contribution in [1.82, 2.24) is 9.13 Å². The maximum atomic E-state index is 2.90. The summed E-state index contributed by atoms with van der Waals surface area (Å²) in [4.78, 5) is 0. The molecule has 0 amide bonds. The Balaban J connectivity index is 0.00000171. The second kappa shape index (κ2) is 10.5. The fourth-order valence-electron chi connectivity index (χ4n) is 6.38. The Labute approximate surface area is 202 Å². The van der Waals surface area contributed by atoms with Gasteiger partial charge < -0.3 is 9.41 Å². The van der Waals surface area contributed by atoms with Crippen molar-refractivity contribution in [1.29, 1.82) is 0 Å². The van der Waals surface area contributed by atoms with Crippen molar-refractivity contribution in [3.8, 4) is 0 Å². The number of nitrogens with zero attached hydrogens (tertiary/aromatic N) is 2. The quantitative estimate of drug-likeness (QED) is 0.436. The van der Waals surface area contributed by atoms with Crippen molar-refractivity contribution in [3.63, 3.8) is 0 Å². The molecule has 2 heterocycles. The summed E-state index contributed by atoms with van der Waals surface area (Å²) < 4.78 is 9.69. The maximum Gasteiger partial charge on any atom is -1.00 e. The molecule has 0 aromatic heterocycles. The van der Waals surface area contributed by atoms with Crippen molar-refractivity contribution in [3.05, 3.63) is 40.3 Å². The predicted octanol–water partition coefficient (Wildman–Crippen LogP) is -0.0347. The Morgan fingerprint density at radius 1 is 0.645 bits per heavy atom. The summed E-state index contributed by atoms with van der Waals surface area (Å²) in [7, 11) is -2.99. The van der Waals surface area contributed by atoms with E-state index in [4.69, 9.17) is 0 Å². The number of hydrogen-bond donors (Lipinski definition) is 0. The van der Waals surface area contributed by atoms with Gasteiger partial charge in [0.1, 0.15) is 0 Å². The Hall–Kier alpha value is 0.0569. The first-order chi connectivity index (χ1) is 13.7. The molecule has 2 aliphatic carbocycles. The van der Waals surface area contributed by atoms with Crippen LogP contribution in [0.25, 0.3) is 0 Å². The molecule has 4 aliphatic rings. The molecule has 0 spiro atoms. The van der Waals surface area contributed by atoms with Crippen LogP contribution >= 0.6 is 0 Å². The zero-order valence-corrected chi connectivity index (χ0v) is 24.8. The zero-order chi connectivity index (χ0) is 20.8. The Bertz CT molecular complexity index is 736. The van der Waals surface area contributed by atoms with Crippen LogP contribution in [0.3, 0.4) is 0 Å². The molecule has 0 atom stereocenters. The molecule has 2 nitrogen and oxygen atoms in total. The second-order valence-electron chi connectivity index (χ2n) is 10.5. The molecule has 0 saturated carbocycles. The van der Waals surface area contributed by atoms with Gasteiger partial charge in [-0.05, 0) is 0 Å². The minimum atomic E-state index is -1.50. The van der Waals surface area contributed by atoms with E-state index in [0.29, 0.717) is 0 Å². The fraction of sp³-hybridized carbons (Fsp3) is 0.667. The monoisotopic (exact) mass is 540 g/mol. The fourth-order valence-corrected chi connectivity index (χ4v) is 22.4. The van der Waals surface area contributed by atoms with Gasteiger partial charge in [-0.3, -0.25) is 0 Å². The molecule has 0 unspecified atom stereocenters. The van der Waals surface area contributed by atoms with E-state index < -0.39 is 39.7 Å². The van der Waals surface area contributed by atoms with Crippen LogP contribution in [0, 0.1) is 0 Å². The molecular weight excluding hydrogens is 502 g/mol. The third-order valence-electron chi connectivity index (χ3n) is 7.94. The van der Waals surface area contributed by atoms with Gasteiger partial charge in [0.25, 0.3) is 0 Å². The maximum absolute atomic E-state index is 2.90. The first kappa shape index (κ1) is 27.3. The van der Waals surface area contributed by atoms with E-state index in [1.165, 1.54) is 64.7 Å². The van der Waals surface area contributed by atoms with Crippen molar-refractivity contribution < 1.29 is 32.6 Å². The molecule has 31 heavy (non-hydrogen) atoms. The number of halogens is 2. The van der Waals surface area contributed by atoms with Crippen LogP contribution in [0.15, 0.2) is 40.3 Å².